The summed E-state index contributed by atoms with van der Waals surface area (Å²) in [7, 11) is 1.51. The topological polar surface area (TPSA) is 94.0 Å². The van der Waals surface area contributed by atoms with Gasteiger partial charge in [0, 0.05) is 29.9 Å². The molecular formula is C20H23ClN6O2. The normalized spacial score (nSPS) is 10.7. The molecule has 152 valence electrons. The number of halogens is 1. The van der Waals surface area contributed by atoms with Crippen molar-refractivity contribution >= 4 is 23.3 Å². The Kier molecular flexibility index (Phi) is 6.33. The van der Waals surface area contributed by atoms with Gasteiger partial charge in [0.15, 0.2) is 5.82 Å². The first-order valence-corrected chi connectivity index (χ1v) is 9.50. The van der Waals surface area contributed by atoms with Crippen LogP contribution in [0.15, 0.2) is 30.3 Å². The van der Waals surface area contributed by atoms with Gasteiger partial charge in [-0.05, 0) is 45.0 Å². The van der Waals surface area contributed by atoms with Gasteiger partial charge in [-0.1, -0.05) is 11.6 Å². The summed E-state index contributed by atoms with van der Waals surface area (Å²) in [6, 6.07) is 8.74. The van der Waals surface area contributed by atoms with Gasteiger partial charge in [0.1, 0.15) is 17.4 Å². The van der Waals surface area contributed by atoms with Crippen molar-refractivity contribution < 1.29 is 9.53 Å². The molecule has 0 aliphatic rings. The Morgan fingerprint density at radius 1 is 1.14 bits per heavy atom. The summed E-state index contributed by atoms with van der Waals surface area (Å²) >= 11 is 5.98. The highest BCUT2D eigenvalue weighted by atomic mass is 35.5. The number of hydrogen-bond acceptors (Lipinski definition) is 6. The van der Waals surface area contributed by atoms with Crippen LogP contribution >= 0.6 is 11.6 Å². The van der Waals surface area contributed by atoms with E-state index in [-0.39, 0.29) is 5.91 Å². The number of anilines is 1. The molecule has 9 heteroatoms. The van der Waals surface area contributed by atoms with Crippen molar-refractivity contribution in [1.29, 1.82) is 0 Å². The number of ether oxygens (including phenoxy) is 1. The number of aromatic nitrogens is 4. The molecule has 0 saturated carbocycles. The average molecular weight is 415 g/mol. The number of hydrogen-bond donors (Lipinski definition) is 2. The van der Waals surface area contributed by atoms with E-state index in [0.29, 0.717) is 46.9 Å². The maximum atomic E-state index is 12.4. The fraction of sp³-hybridized carbons (Fsp3) is 0.300. The molecule has 2 aromatic heterocycles. The SMILES string of the molecule is COc1ccc(Cl)cc1C(=O)NCCNc1cc(-n2nc(C)cc2C)nc(C)n1. The van der Waals surface area contributed by atoms with Crippen molar-refractivity contribution in [3.8, 4) is 11.6 Å². The number of benzene rings is 1. The van der Waals surface area contributed by atoms with Crippen molar-refractivity contribution in [1.82, 2.24) is 25.1 Å². The van der Waals surface area contributed by atoms with Gasteiger partial charge in [-0.3, -0.25) is 4.79 Å². The minimum atomic E-state index is -0.256. The number of nitrogens with one attached hydrogen (secondary N) is 2. The lowest BCUT2D eigenvalue weighted by Gasteiger charge is -2.11. The Hall–Kier alpha value is -3.13. The molecule has 0 bridgehead atoms. The maximum absolute atomic E-state index is 12.4. The van der Waals surface area contributed by atoms with Crippen molar-refractivity contribution in [2.75, 3.05) is 25.5 Å². The fourth-order valence-electron chi connectivity index (χ4n) is 2.93. The zero-order chi connectivity index (χ0) is 21.0. The molecule has 0 saturated heterocycles. The molecule has 8 nitrogen and oxygen atoms in total. The van der Waals surface area contributed by atoms with Gasteiger partial charge < -0.3 is 15.4 Å². The summed E-state index contributed by atoms with van der Waals surface area (Å²) in [5, 5.41) is 11.0. The van der Waals surface area contributed by atoms with Crippen molar-refractivity contribution in [3.05, 3.63) is 58.1 Å². The van der Waals surface area contributed by atoms with E-state index in [2.05, 4.69) is 25.7 Å². The van der Waals surface area contributed by atoms with Crippen LogP contribution in [0.1, 0.15) is 27.6 Å². The molecule has 3 rings (SSSR count). The Bertz CT molecular complexity index is 1030. The predicted molar refractivity (Wildman–Crippen MR) is 112 cm³/mol. The van der Waals surface area contributed by atoms with Crippen molar-refractivity contribution in [2.45, 2.75) is 20.8 Å². The van der Waals surface area contributed by atoms with Gasteiger partial charge in [-0.15, -0.1) is 0 Å². The maximum Gasteiger partial charge on any atom is 0.255 e. The third kappa shape index (κ3) is 5.03. The van der Waals surface area contributed by atoms with E-state index < -0.39 is 0 Å². The molecule has 0 spiro atoms. The molecule has 0 unspecified atom stereocenters. The molecule has 1 aromatic carbocycles. The Balaban J connectivity index is 1.62. The molecule has 0 fully saturated rings. The first kappa shape index (κ1) is 20.6. The Morgan fingerprint density at radius 2 is 1.93 bits per heavy atom. The van der Waals surface area contributed by atoms with Crippen LogP contribution in [0, 0.1) is 20.8 Å². The van der Waals surface area contributed by atoms with Crippen LogP contribution in [-0.2, 0) is 0 Å². The van der Waals surface area contributed by atoms with Gasteiger partial charge in [-0.2, -0.15) is 5.10 Å². The Labute approximate surface area is 174 Å². The van der Waals surface area contributed by atoms with Gasteiger partial charge in [-0.25, -0.2) is 14.6 Å². The monoisotopic (exact) mass is 414 g/mol. The van der Waals surface area contributed by atoms with E-state index >= 15 is 0 Å². The highest BCUT2D eigenvalue weighted by molar-refractivity contribution is 6.31. The predicted octanol–water partition coefficient (Wildman–Crippen LogP) is 3.09. The molecule has 0 atom stereocenters. The van der Waals surface area contributed by atoms with E-state index in [9.17, 15) is 4.79 Å². The highest BCUT2D eigenvalue weighted by Gasteiger charge is 2.13. The Morgan fingerprint density at radius 3 is 2.62 bits per heavy atom. The van der Waals surface area contributed by atoms with Crippen molar-refractivity contribution in [2.24, 2.45) is 0 Å². The summed E-state index contributed by atoms with van der Waals surface area (Å²) < 4.78 is 7.00. The zero-order valence-corrected chi connectivity index (χ0v) is 17.5. The van der Waals surface area contributed by atoms with E-state index in [4.69, 9.17) is 16.3 Å². The van der Waals surface area contributed by atoms with E-state index in [0.717, 1.165) is 11.4 Å². The number of aryl methyl sites for hydroxylation is 3. The molecule has 0 aliphatic heterocycles. The quantitative estimate of drug-likeness (QED) is 0.577. The summed E-state index contributed by atoms with van der Waals surface area (Å²) in [5.41, 5.74) is 2.31. The third-order valence-corrected chi connectivity index (χ3v) is 4.41. The van der Waals surface area contributed by atoms with Crippen LogP contribution in [0.25, 0.3) is 5.82 Å². The first-order valence-electron chi connectivity index (χ1n) is 9.12. The van der Waals surface area contributed by atoms with Crippen LogP contribution in [0.4, 0.5) is 5.82 Å². The first-order chi connectivity index (χ1) is 13.9. The fourth-order valence-corrected chi connectivity index (χ4v) is 3.10. The van der Waals surface area contributed by atoms with Gasteiger partial charge in [0.05, 0.1) is 18.4 Å². The standard InChI is InChI=1S/C20H23ClN6O2/c1-12-9-13(2)27(26-12)19-11-18(24-14(3)25-19)22-7-8-23-20(28)16-10-15(21)5-6-17(16)29-4/h5-6,9-11H,7-8H2,1-4H3,(H,23,28)(H,22,24,25). The van der Waals surface area contributed by atoms with E-state index in [1.165, 1.54) is 7.11 Å². The number of amides is 1. The van der Waals surface area contributed by atoms with Gasteiger partial charge in [0.2, 0.25) is 0 Å². The molecule has 0 aliphatic carbocycles. The minimum absolute atomic E-state index is 0.256. The van der Waals surface area contributed by atoms with Crippen LogP contribution in [0.3, 0.4) is 0 Å². The lowest BCUT2D eigenvalue weighted by atomic mass is 10.2. The summed E-state index contributed by atoms with van der Waals surface area (Å²) in [5.74, 6) is 2.20. The number of rotatable bonds is 7. The van der Waals surface area contributed by atoms with Crippen LogP contribution in [-0.4, -0.2) is 45.9 Å². The summed E-state index contributed by atoms with van der Waals surface area (Å²) in [6.45, 7) is 6.63. The second kappa shape index (κ2) is 8.91. The number of carbonyl (C=O) groups is 1. The van der Waals surface area contributed by atoms with Crippen LogP contribution in [0.2, 0.25) is 5.02 Å². The van der Waals surface area contributed by atoms with E-state index in [1.54, 1.807) is 22.9 Å². The minimum Gasteiger partial charge on any atom is -0.496 e. The van der Waals surface area contributed by atoms with Gasteiger partial charge >= 0.3 is 0 Å². The molecule has 0 radical (unpaired) electrons. The molecule has 2 N–H and O–H groups in total. The molecule has 1 amide bonds. The third-order valence-electron chi connectivity index (χ3n) is 4.17. The zero-order valence-electron chi connectivity index (χ0n) is 16.8. The van der Waals surface area contributed by atoms with Gasteiger partial charge in [0.25, 0.3) is 5.91 Å². The second-order valence-electron chi connectivity index (χ2n) is 6.52. The second-order valence-corrected chi connectivity index (χ2v) is 6.96. The van der Waals surface area contributed by atoms with Crippen molar-refractivity contribution in [3.63, 3.8) is 0 Å². The number of methoxy groups -OCH3 is 1. The lowest BCUT2D eigenvalue weighted by molar-refractivity contribution is 0.0952. The van der Waals surface area contributed by atoms with E-state index in [1.807, 2.05) is 32.9 Å². The molecule has 29 heavy (non-hydrogen) atoms. The highest BCUT2D eigenvalue weighted by Crippen LogP contribution is 2.22. The smallest absolute Gasteiger partial charge is 0.255 e. The largest absolute Gasteiger partial charge is 0.496 e. The summed E-state index contributed by atoms with van der Waals surface area (Å²) in [6.07, 6.45) is 0. The average Bonchev–Trinajstić information content (AvgIpc) is 3.02. The molecule has 2 heterocycles. The summed E-state index contributed by atoms with van der Waals surface area (Å²) in [4.78, 5) is 21.3. The number of carbonyl (C=O) groups excluding carboxylic acids is 1. The molecule has 3 aromatic rings. The van der Waals surface area contributed by atoms with Crippen LogP contribution < -0.4 is 15.4 Å². The number of nitrogens with zero attached hydrogens (tertiary/aromatic N) is 4. The molecular weight excluding hydrogens is 392 g/mol. The lowest BCUT2D eigenvalue weighted by Crippen LogP contribution is -2.29. The van der Waals surface area contributed by atoms with Crippen LogP contribution in [0.5, 0.6) is 5.75 Å².